The van der Waals surface area contributed by atoms with Gasteiger partial charge in [-0.25, -0.2) is 4.98 Å². The fourth-order valence-electron chi connectivity index (χ4n) is 2.53. The van der Waals surface area contributed by atoms with Gasteiger partial charge >= 0.3 is 6.36 Å². The molecule has 7 nitrogen and oxygen atoms in total. The van der Waals surface area contributed by atoms with Crippen molar-refractivity contribution in [1.29, 1.82) is 0 Å². The lowest BCUT2D eigenvalue weighted by Gasteiger charge is -2.10. The quantitative estimate of drug-likeness (QED) is 0.363. The molecular formula is C21H17F3IN3O4S. The summed E-state index contributed by atoms with van der Waals surface area (Å²) in [5.74, 6) is -0.947. The molecule has 1 aromatic heterocycles. The molecule has 3 rings (SSSR count). The SMILES string of the molecule is O=C(COc1ccc(OC(F)(F)F)cc1)NCc1nc(C(=O)NCc2cccc(I)c2)cs1. The molecule has 0 unspecified atom stereocenters. The van der Waals surface area contributed by atoms with Crippen molar-refractivity contribution >= 4 is 45.7 Å². The molecule has 0 radical (unpaired) electrons. The van der Waals surface area contributed by atoms with E-state index in [2.05, 4.69) is 42.9 Å². The molecule has 0 saturated heterocycles. The van der Waals surface area contributed by atoms with Crippen LogP contribution < -0.4 is 20.1 Å². The molecule has 174 valence electrons. The third-order valence-corrected chi connectivity index (χ3v) is 5.51. The number of nitrogens with one attached hydrogen (secondary N) is 2. The molecule has 0 atom stereocenters. The fraction of sp³-hybridized carbons (Fsp3) is 0.190. The Balaban J connectivity index is 1.40. The Hall–Kier alpha value is -2.87. The van der Waals surface area contributed by atoms with E-state index in [0.29, 0.717) is 11.6 Å². The monoisotopic (exact) mass is 591 g/mol. The van der Waals surface area contributed by atoms with E-state index in [0.717, 1.165) is 21.3 Å². The minimum atomic E-state index is -4.78. The number of ether oxygens (including phenoxy) is 2. The van der Waals surface area contributed by atoms with Crippen LogP contribution in [0.2, 0.25) is 0 Å². The fourth-order valence-corrected chi connectivity index (χ4v) is 3.85. The zero-order valence-corrected chi connectivity index (χ0v) is 19.8. The molecule has 0 bridgehead atoms. The molecule has 1 heterocycles. The van der Waals surface area contributed by atoms with Crippen LogP contribution in [0.3, 0.4) is 0 Å². The van der Waals surface area contributed by atoms with Crippen molar-refractivity contribution in [3.05, 3.63) is 73.7 Å². The lowest BCUT2D eigenvalue weighted by atomic mass is 10.2. The second-order valence-corrected chi connectivity index (χ2v) is 8.71. The summed E-state index contributed by atoms with van der Waals surface area (Å²) in [6.45, 7) is 0.142. The van der Waals surface area contributed by atoms with Gasteiger partial charge in [0, 0.05) is 15.5 Å². The zero-order valence-electron chi connectivity index (χ0n) is 16.8. The van der Waals surface area contributed by atoms with E-state index < -0.39 is 12.3 Å². The van der Waals surface area contributed by atoms with Crippen LogP contribution in [-0.4, -0.2) is 29.8 Å². The van der Waals surface area contributed by atoms with E-state index in [9.17, 15) is 22.8 Å². The summed E-state index contributed by atoms with van der Waals surface area (Å²) >= 11 is 3.43. The lowest BCUT2D eigenvalue weighted by molar-refractivity contribution is -0.274. The minimum absolute atomic E-state index is 0.107. The molecule has 12 heteroatoms. The van der Waals surface area contributed by atoms with Crippen molar-refractivity contribution in [1.82, 2.24) is 15.6 Å². The molecular weight excluding hydrogens is 574 g/mol. The summed E-state index contributed by atoms with van der Waals surface area (Å²) in [6.07, 6.45) is -4.78. The molecule has 0 aliphatic carbocycles. The third-order valence-electron chi connectivity index (χ3n) is 3.99. The van der Waals surface area contributed by atoms with Crippen molar-refractivity contribution < 1.29 is 32.2 Å². The largest absolute Gasteiger partial charge is 0.573 e. The molecule has 0 fully saturated rings. The third kappa shape index (κ3) is 8.53. The Kier molecular flexibility index (Phi) is 8.49. The van der Waals surface area contributed by atoms with Gasteiger partial charge in [0.05, 0.1) is 6.54 Å². The molecule has 0 saturated carbocycles. The highest BCUT2D eigenvalue weighted by atomic mass is 127. The number of hydrogen-bond donors (Lipinski definition) is 2. The van der Waals surface area contributed by atoms with Gasteiger partial charge in [-0.3, -0.25) is 9.59 Å². The molecule has 0 spiro atoms. The van der Waals surface area contributed by atoms with Crippen LogP contribution >= 0.6 is 33.9 Å². The first-order valence-electron chi connectivity index (χ1n) is 9.40. The maximum absolute atomic E-state index is 12.3. The summed E-state index contributed by atoms with van der Waals surface area (Å²) in [7, 11) is 0. The van der Waals surface area contributed by atoms with Crippen LogP contribution in [0.25, 0.3) is 0 Å². The van der Waals surface area contributed by atoms with Crippen LogP contribution in [0.4, 0.5) is 13.2 Å². The molecule has 2 amide bonds. The topological polar surface area (TPSA) is 89.6 Å². The van der Waals surface area contributed by atoms with E-state index in [1.165, 1.54) is 23.5 Å². The van der Waals surface area contributed by atoms with Crippen LogP contribution in [0.5, 0.6) is 11.5 Å². The van der Waals surface area contributed by atoms with Crippen LogP contribution in [0.1, 0.15) is 21.1 Å². The van der Waals surface area contributed by atoms with Gasteiger partial charge in [-0.15, -0.1) is 24.5 Å². The van der Waals surface area contributed by atoms with Crippen molar-refractivity contribution in [2.24, 2.45) is 0 Å². The van der Waals surface area contributed by atoms with Gasteiger partial charge < -0.3 is 20.1 Å². The van der Waals surface area contributed by atoms with E-state index in [1.807, 2.05) is 24.3 Å². The average Bonchev–Trinajstić information content (AvgIpc) is 3.24. The summed E-state index contributed by atoms with van der Waals surface area (Å²) in [4.78, 5) is 28.4. The summed E-state index contributed by atoms with van der Waals surface area (Å²) in [6, 6.07) is 12.4. The maximum atomic E-state index is 12.3. The smallest absolute Gasteiger partial charge is 0.484 e. The van der Waals surface area contributed by atoms with E-state index in [-0.39, 0.29) is 36.3 Å². The van der Waals surface area contributed by atoms with E-state index in [4.69, 9.17) is 4.74 Å². The number of rotatable bonds is 9. The summed E-state index contributed by atoms with van der Waals surface area (Å²) in [5, 5.41) is 7.55. The van der Waals surface area contributed by atoms with E-state index >= 15 is 0 Å². The van der Waals surface area contributed by atoms with Gasteiger partial charge in [0.2, 0.25) is 0 Å². The van der Waals surface area contributed by atoms with Crippen LogP contribution in [0, 0.1) is 3.57 Å². The maximum Gasteiger partial charge on any atom is 0.573 e. The average molecular weight is 591 g/mol. The number of nitrogens with zero attached hydrogens (tertiary/aromatic N) is 1. The highest BCUT2D eigenvalue weighted by Gasteiger charge is 2.31. The van der Waals surface area contributed by atoms with Crippen molar-refractivity contribution in [3.8, 4) is 11.5 Å². The standard InChI is InChI=1S/C21H17F3IN3O4S/c22-21(23,24)32-16-6-4-15(5-7-16)31-11-18(29)26-10-19-28-17(12-33-19)20(30)27-9-13-2-1-3-14(25)8-13/h1-8,12H,9-11H2,(H,26,29)(H,27,30). The number of carbonyl (C=O) groups excluding carboxylic acids is 2. The number of aromatic nitrogens is 1. The first-order chi connectivity index (χ1) is 15.7. The molecule has 2 aromatic carbocycles. The first kappa shape index (κ1) is 24.8. The molecule has 2 N–H and O–H groups in total. The minimum Gasteiger partial charge on any atom is -0.484 e. The number of halogens is 4. The predicted molar refractivity (Wildman–Crippen MR) is 123 cm³/mol. The molecule has 3 aromatic rings. The highest BCUT2D eigenvalue weighted by molar-refractivity contribution is 14.1. The summed E-state index contributed by atoms with van der Waals surface area (Å²) < 4.78 is 46.5. The number of amides is 2. The van der Waals surface area contributed by atoms with Crippen molar-refractivity contribution in [2.75, 3.05) is 6.61 Å². The Morgan fingerprint density at radius 1 is 1.03 bits per heavy atom. The Bertz CT molecular complexity index is 1110. The second kappa shape index (κ2) is 11.3. The van der Waals surface area contributed by atoms with Crippen molar-refractivity contribution in [2.45, 2.75) is 19.5 Å². The van der Waals surface area contributed by atoms with Crippen LogP contribution in [-0.2, 0) is 17.9 Å². The number of alkyl halides is 3. The van der Waals surface area contributed by atoms with Crippen molar-refractivity contribution in [3.63, 3.8) is 0 Å². The number of thiazole rings is 1. The van der Waals surface area contributed by atoms with Gasteiger partial charge in [0.1, 0.15) is 22.2 Å². The van der Waals surface area contributed by atoms with Gasteiger partial charge in [-0.05, 0) is 64.6 Å². The van der Waals surface area contributed by atoms with Gasteiger partial charge in [-0.1, -0.05) is 12.1 Å². The first-order valence-corrected chi connectivity index (χ1v) is 11.4. The predicted octanol–water partition coefficient (Wildman–Crippen LogP) is 4.27. The van der Waals surface area contributed by atoms with Crippen LogP contribution in [0.15, 0.2) is 53.9 Å². The summed E-state index contributed by atoms with van der Waals surface area (Å²) in [5.41, 5.74) is 1.23. The number of hydrogen-bond acceptors (Lipinski definition) is 6. The Labute approximate surface area is 204 Å². The Morgan fingerprint density at radius 3 is 2.45 bits per heavy atom. The van der Waals surface area contributed by atoms with Gasteiger partial charge in [-0.2, -0.15) is 0 Å². The molecule has 0 aliphatic heterocycles. The lowest BCUT2D eigenvalue weighted by Crippen LogP contribution is -2.28. The number of carbonyl (C=O) groups is 2. The molecule has 33 heavy (non-hydrogen) atoms. The number of benzene rings is 2. The van der Waals surface area contributed by atoms with E-state index in [1.54, 1.807) is 5.38 Å². The van der Waals surface area contributed by atoms with Gasteiger partial charge in [0.15, 0.2) is 6.61 Å². The molecule has 0 aliphatic rings. The Morgan fingerprint density at radius 2 is 1.76 bits per heavy atom. The normalized spacial score (nSPS) is 11.0. The van der Waals surface area contributed by atoms with Gasteiger partial charge in [0.25, 0.3) is 11.8 Å². The second-order valence-electron chi connectivity index (χ2n) is 6.52. The highest BCUT2D eigenvalue weighted by Crippen LogP contribution is 2.24. The zero-order chi connectivity index (χ0) is 23.8.